The van der Waals surface area contributed by atoms with Crippen LogP contribution >= 0.6 is 11.3 Å². The van der Waals surface area contributed by atoms with Gasteiger partial charge in [-0.3, -0.25) is 4.98 Å². The summed E-state index contributed by atoms with van der Waals surface area (Å²) >= 11 is 1.56. The highest BCUT2D eigenvalue weighted by Gasteiger charge is 2.16. The number of nitrogens with zero attached hydrogens (tertiary/aromatic N) is 3. The second kappa shape index (κ2) is 6.33. The van der Waals surface area contributed by atoms with E-state index in [4.69, 9.17) is 0 Å². The van der Waals surface area contributed by atoms with Gasteiger partial charge in [-0.15, -0.1) is 0 Å². The zero-order chi connectivity index (χ0) is 14.7. The van der Waals surface area contributed by atoms with Crippen LogP contribution in [0.5, 0.6) is 0 Å². The molecule has 0 aliphatic carbocycles. The molecule has 0 saturated heterocycles. The summed E-state index contributed by atoms with van der Waals surface area (Å²) < 4.78 is 0. The van der Waals surface area contributed by atoms with Crippen LogP contribution in [0.1, 0.15) is 41.9 Å². The van der Waals surface area contributed by atoms with Gasteiger partial charge in [-0.05, 0) is 39.8 Å². The molecule has 20 heavy (non-hydrogen) atoms. The van der Waals surface area contributed by atoms with Gasteiger partial charge in [0.05, 0.1) is 28.9 Å². The van der Waals surface area contributed by atoms with Crippen LogP contribution in [0.3, 0.4) is 0 Å². The highest BCUT2D eigenvalue weighted by Crippen LogP contribution is 2.31. The second-order valence-electron chi connectivity index (χ2n) is 4.91. The number of pyridine rings is 1. The van der Waals surface area contributed by atoms with Crippen LogP contribution in [0, 0.1) is 13.8 Å². The Kier molecular flexibility index (Phi) is 4.73. The Morgan fingerprint density at radius 2 is 2.05 bits per heavy atom. The molecule has 1 unspecified atom stereocenters. The molecule has 2 heterocycles. The van der Waals surface area contributed by atoms with E-state index in [1.807, 2.05) is 32.0 Å². The summed E-state index contributed by atoms with van der Waals surface area (Å²) in [7, 11) is 0. The van der Waals surface area contributed by atoms with E-state index in [0.717, 1.165) is 40.2 Å². The molecular weight excluding hydrogens is 270 g/mol. The van der Waals surface area contributed by atoms with E-state index in [2.05, 4.69) is 21.8 Å². The Balaban J connectivity index is 2.22. The topological polar surface area (TPSA) is 49.2 Å². The number of anilines is 1. The lowest BCUT2D eigenvalue weighted by Crippen LogP contribution is -2.22. The smallest absolute Gasteiger partial charge is 0.186 e. The number of aliphatic hydroxyl groups excluding tert-OH is 1. The van der Waals surface area contributed by atoms with Gasteiger partial charge in [0.15, 0.2) is 5.13 Å². The fourth-order valence-corrected chi connectivity index (χ4v) is 3.18. The third-order valence-corrected chi connectivity index (χ3v) is 4.54. The molecule has 2 rings (SSSR count). The van der Waals surface area contributed by atoms with Crippen LogP contribution in [0.25, 0.3) is 0 Å². The minimum atomic E-state index is -0.461. The van der Waals surface area contributed by atoms with E-state index >= 15 is 0 Å². The lowest BCUT2D eigenvalue weighted by molar-refractivity contribution is 0.202. The molecule has 4 nitrogen and oxygen atoms in total. The molecule has 2 aromatic rings. The maximum atomic E-state index is 9.74. The summed E-state index contributed by atoms with van der Waals surface area (Å²) in [6.07, 6.45) is -0.461. The van der Waals surface area contributed by atoms with Crippen LogP contribution in [0.15, 0.2) is 18.2 Å². The predicted octanol–water partition coefficient (Wildman–Crippen LogP) is 3.23. The van der Waals surface area contributed by atoms with E-state index in [1.54, 1.807) is 18.3 Å². The molecule has 0 radical (unpaired) electrons. The van der Waals surface area contributed by atoms with Crippen LogP contribution in [0.4, 0.5) is 5.13 Å². The minimum absolute atomic E-state index is 0.461. The standard InChI is InChI=1S/C15H21N3OS/c1-5-18(9-13-8-6-7-10(2)16-13)15-17-11(3)14(20-15)12(4)19/h6-8,12,19H,5,9H2,1-4H3. The van der Waals surface area contributed by atoms with Crippen molar-refractivity contribution >= 4 is 16.5 Å². The van der Waals surface area contributed by atoms with Crippen molar-refractivity contribution in [2.45, 2.75) is 40.3 Å². The number of thiazole rings is 1. The maximum Gasteiger partial charge on any atom is 0.186 e. The summed E-state index contributed by atoms with van der Waals surface area (Å²) in [6, 6.07) is 6.06. The molecule has 1 N–H and O–H groups in total. The van der Waals surface area contributed by atoms with Crippen LogP contribution in [-0.2, 0) is 6.54 Å². The highest BCUT2D eigenvalue weighted by molar-refractivity contribution is 7.15. The van der Waals surface area contributed by atoms with Crippen molar-refractivity contribution in [2.24, 2.45) is 0 Å². The predicted molar refractivity (Wildman–Crippen MR) is 83.2 cm³/mol. The lowest BCUT2D eigenvalue weighted by atomic mass is 10.3. The van der Waals surface area contributed by atoms with Gasteiger partial charge in [0, 0.05) is 12.2 Å². The fraction of sp³-hybridized carbons (Fsp3) is 0.467. The molecule has 108 valence electrons. The van der Waals surface area contributed by atoms with Crippen molar-refractivity contribution in [3.8, 4) is 0 Å². The first-order chi connectivity index (χ1) is 9.51. The largest absolute Gasteiger partial charge is 0.388 e. The summed E-state index contributed by atoms with van der Waals surface area (Å²) in [5.74, 6) is 0. The highest BCUT2D eigenvalue weighted by atomic mass is 32.1. The normalized spacial score (nSPS) is 12.4. The third kappa shape index (κ3) is 3.35. The Hall–Kier alpha value is -1.46. The Labute approximate surface area is 124 Å². The van der Waals surface area contributed by atoms with E-state index in [0.29, 0.717) is 0 Å². The maximum absolute atomic E-state index is 9.74. The lowest BCUT2D eigenvalue weighted by Gasteiger charge is -2.19. The Bertz CT molecular complexity index is 580. The number of hydrogen-bond donors (Lipinski definition) is 1. The molecule has 0 aliphatic heterocycles. The van der Waals surface area contributed by atoms with Crippen LogP contribution in [0.2, 0.25) is 0 Å². The summed E-state index contributed by atoms with van der Waals surface area (Å²) in [6.45, 7) is 9.43. The van der Waals surface area contributed by atoms with Gasteiger partial charge in [0.1, 0.15) is 0 Å². The molecule has 0 bridgehead atoms. The molecule has 0 fully saturated rings. The zero-order valence-electron chi connectivity index (χ0n) is 12.4. The number of hydrogen-bond acceptors (Lipinski definition) is 5. The molecular formula is C15H21N3OS. The monoisotopic (exact) mass is 291 g/mol. The molecule has 0 aromatic carbocycles. The van der Waals surface area contributed by atoms with Gasteiger partial charge in [0.2, 0.25) is 0 Å². The Morgan fingerprint density at radius 3 is 2.60 bits per heavy atom. The van der Waals surface area contributed by atoms with Crippen LogP contribution in [-0.4, -0.2) is 21.6 Å². The van der Waals surface area contributed by atoms with Gasteiger partial charge < -0.3 is 10.0 Å². The van der Waals surface area contributed by atoms with Crippen molar-refractivity contribution < 1.29 is 5.11 Å². The summed E-state index contributed by atoms with van der Waals surface area (Å²) in [5, 5.41) is 10.7. The zero-order valence-corrected chi connectivity index (χ0v) is 13.2. The van der Waals surface area contributed by atoms with Gasteiger partial charge in [-0.25, -0.2) is 4.98 Å². The quantitative estimate of drug-likeness (QED) is 0.919. The van der Waals surface area contributed by atoms with Crippen LogP contribution < -0.4 is 4.90 Å². The fourth-order valence-electron chi connectivity index (χ4n) is 2.11. The molecule has 2 aromatic heterocycles. The number of aliphatic hydroxyl groups is 1. The third-order valence-electron chi connectivity index (χ3n) is 3.15. The molecule has 0 aliphatic rings. The first kappa shape index (κ1) is 14.9. The summed E-state index contributed by atoms with van der Waals surface area (Å²) in [4.78, 5) is 12.2. The molecule has 0 amide bonds. The van der Waals surface area contributed by atoms with E-state index in [-0.39, 0.29) is 0 Å². The van der Waals surface area contributed by atoms with Gasteiger partial charge in [0.25, 0.3) is 0 Å². The molecule has 0 spiro atoms. The van der Waals surface area contributed by atoms with Crippen molar-refractivity contribution in [3.05, 3.63) is 40.2 Å². The average Bonchev–Trinajstić information content (AvgIpc) is 2.78. The number of rotatable bonds is 5. The average molecular weight is 291 g/mol. The van der Waals surface area contributed by atoms with Gasteiger partial charge >= 0.3 is 0 Å². The van der Waals surface area contributed by atoms with Crippen molar-refractivity contribution in [1.29, 1.82) is 0 Å². The van der Waals surface area contributed by atoms with E-state index < -0.39 is 6.10 Å². The van der Waals surface area contributed by atoms with E-state index in [9.17, 15) is 5.11 Å². The SMILES string of the molecule is CCN(Cc1cccc(C)n1)c1nc(C)c(C(C)O)s1. The number of aryl methyl sites for hydroxylation is 2. The van der Waals surface area contributed by atoms with Gasteiger partial charge in [-0.1, -0.05) is 17.4 Å². The van der Waals surface area contributed by atoms with Crippen molar-refractivity contribution in [1.82, 2.24) is 9.97 Å². The summed E-state index contributed by atoms with van der Waals surface area (Å²) in [5.41, 5.74) is 2.98. The second-order valence-corrected chi connectivity index (χ2v) is 5.92. The minimum Gasteiger partial charge on any atom is -0.388 e. The van der Waals surface area contributed by atoms with Gasteiger partial charge in [-0.2, -0.15) is 0 Å². The van der Waals surface area contributed by atoms with Crippen molar-refractivity contribution in [2.75, 3.05) is 11.4 Å². The molecule has 5 heteroatoms. The molecule has 1 atom stereocenters. The Morgan fingerprint density at radius 1 is 1.30 bits per heavy atom. The van der Waals surface area contributed by atoms with Crippen molar-refractivity contribution in [3.63, 3.8) is 0 Å². The molecule has 0 saturated carbocycles. The first-order valence-electron chi connectivity index (χ1n) is 6.84. The van der Waals surface area contributed by atoms with E-state index in [1.165, 1.54) is 0 Å². The number of aromatic nitrogens is 2. The first-order valence-corrected chi connectivity index (χ1v) is 7.65.